The molecule has 0 aliphatic rings. The van der Waals surface area contributed by atoms with Crippen molar-refractivity contribution in [1.29, 1.82) is 0 Å². The summed E-state index contributed by atoms with van der Waals surface area (Å²) in [5.74, 6) is -1.25. The first-order valence-electron chi connectivity index (χ1n) is 7.39. The number of pyridine rings is 1. The molecule has 0 aliphatic heterocycles. The van der Waals surface area contributed by atoms with Gasteiger partial charge in [0.1, 0.15) is 9.90 Å². The standard InChI is InChI=1S/C15H16ClN3O5S2/c1-24-8-2-7-17-15(21)11-4-3-10(9-18-11)14(20)19-26(22,23)13-6-5-12(16)25-13/h3-6,9H,2,7-8H2,1H3,(H,17,21)(H,19,20). The van der Waals surface area contributed by atoms with Gasteiger partial charge in [-0.3, -0.25) is 14.6 Å². The summed E-state index contributed by atoms with van der Waals surface area (Å²) in [5.41, 5.74) is 0.124. The fourth-order valence-corrected chi connectivity index (χ4v) is 4.30. The van der Waals surface area contributed by atoms with Crippen molar-refractivity contribution in [3.63, 3.8) is 0 Å². The van der Waals surface area contributed by atoms with Gasteiger partial charge in [0, 0.05) is 26.5 Å². The monoisotopic (exact) mass is 417 g/mol. The van der Waals surface area contributed by atoms with E-state index in [-0.39, 0.29) is 15.5 Å². The minimum Gasteiger partial charge on any atom is -0.385 e. The van der Waals surface area contributed by atoms with E-state index in [2.05, 4.69) is 10.3 Å². The second-order valence-corrected chi connectivity index (χ2v) is 8.65. The minimum atomic E-state index is -4.02. The molecule has 0 unspecified atom stereocenters. The minimum absolute atomic E-state index is 0.00663. The van der Waals surface area contributed by atoms with Crippen LogP contribution in [0.25, 0.3) is 0 Å². The number of nitrogens with one attached hydrogen (secondary N) is 2. The van der Waals surface area contributed by atoms with Crippen LogP contribution in [0.3, 0.4) is 0 Å². The summed E-state index contributed by atoms with van der Waals surface area (Å²) in [7, 11) is -2.45. The summed E-state index contributed by atoms with van der Waals surface area (Å²) in [6, 6.07) is 5.39. The first-order valence-corrected chi connectivity index (χ1v) is 10.1. The van der Waals surface area contributed by atoms with E-state index in [1.165, 1.54) is 24.3 Å². The molecule has 0 spiro atoms. The van der Waals surface area contributed by atoms with Crippen molar-refractivity contribution in [3.05, 3.63) is 46.1 Å². The van der Waals surface area contributed by atoms with Gasteiger partial charge in [-0.25, -0.2) is 13.1 Å². The zero-order valence-electron chi connectivity index (χ0n) is 13.7. The number of aromatic nitrogens is 1. The highest BCUT2D eigenvalue weighted by Gasteiger charge is 2.21. The van der Waals surface area contributed by atoms with Crippen LogP contribution in [-0.2, 0) is 14.8 Å². The zero-order chi connectivity index (χ0) is 19.2. The quantitative estimate of drug-likeness (QED) is 0.631. The molecule has 0 bridgehead atoms. The van der Waals surface area contributed by atoms with Crippen LogP contribution < -0.4 is 10.0 Å². The normalized spacial score (nSPS) is 11.2. The Labute approximate surface area is 159 Å². The molecule has 2 rings (SSSR count). The Bertz CT molecular complexity index is 881. The number of hydrogen-bond donors (Lipinski definition) is 2. The largest absolute Gasteiger partial charge is 0.385 e. The Kier molecular flexibility index (Phi) is 7.09. The summed E-state index contributed by atoms with van der Waals surface area (Å²) >= 11 is 6.54. The fourth-order valence-electron chi connectivity index (χ4n) is 1.84. The Morgan fingerprint density at radius 2 is 2.00 bits per heavy atom. The van der Waals surface area contributed by atoms with E-state index in [0.717, 1.165) is 17.5 Å². The molecule has 2 aromatic heterocycles. The molecule has 2 amide bonds. The van der Waals surface area contributed by atoms with Gasteiger partial charge in [-0.1, -0.05) is 11.6 Å². The Balaban J connectivity index is 1.99. The van der Waals surface area contributed by atoms with Gasteiger partial charge >= 0.3 is 0 Å². The number of nitrogens with zero attached hydrogens (tertiary/aromatic N) is 1. The van der Waals surface area contributed by atoms with Gasteiger partial charge in [-0.05, 0) is 30.7 Å². The Morgan fingerprint density at radius 1 is 1.23 bits per heavy atom. The van der Waals surface area contributed by atoms with Crippen LogP contribution in [0.4, 0.5) is 0 Å². The number of rotatable bonds is 8. The van der Waals surface area contributed by atoms with Gasteiger partial charge in [0.15, 0.2) is 0 Å². The van der Waals surface area contributed by atoms with Gasteiger partial charge < -0.3 is 10.1 Å². The molecule has 26 heavy (non-hydrogen) atoms. The maximum atomic E-state index is 12.1. The number of amides is 2. The topological polar surface area (TPSA) is 114 Å². The van der Waals surface area contributed by atoms with Crippen LogP contribution in [0.15, 0.2) is 34.7 Å². The highest BCUT2D eigenvalue weighted by Crippen LogP contribution is 2.25. The van der Waals surface area contributed by atoms with Crippen molar-refractivity contribution in [2.75, 3.05) is 20.3 Å². The molecule has 0 atom stereocenters. The van der Waals surface area contributed by atoms with Gasteiger partial charge in [0.2, 0.25) is 0 Å². The highest BCUT2D eigenvalue weighted by molar-refractivity contribution is 7.92. The number of halogens is 1. The molecule has 8 nitrogen and oxygen atoms in total. The van der Waals surface area contributed by atoms with E-state index in [4.69, 9.17) is 16.3 Å². The first-order chi connectivity index (χ1) is 12.3. The van der Waals surface area contributed by atoms with E-state index in [1.807, 2.05) is 4.72 Å². The molecule has 0 saturated heterocycles. The molecule has 2 N–H and O–H groups in total. The molecule has 11 heteroatoms. The molecule has 140 valence electrons. The van der Waals surface area contributed by atoms with E-state index >= 15 is 0 Å². The van der Waals surface area contributed by atoms with E-state index in [1.54, 1.807) is 7.11 Å². The van der Waals surface area contributed by atoms with Crippen LogP contribution in [0.1, 0.15) is 27.3 Å². The first kappa shape index (κ1) is 20.3. The van der Waals surface area contributed by atoms with Crippen molar-refractivity contribution in [3.8, 4) is 0 Å². The third kappa shape index (κ3) is 5.49. The second-order valence-electron chi connectivity index (χ2n) is 5.03. The molecule has 0 aliphatic carbocycles. The van der Waals surface area contributed by atoms with Crippen molar-refractivity contribution in [1.82, 2.24) is 15.0 Å². The smallest absolute Gasteiger partial charge is 0.273 e. The van der Waals surface area contributed by atoms with Gasteiger partial charge in [-0.15, -0.1) is 11.3 Å². The fraction of sp³-hybridized carbons (Fsp3) is 0.267. The summed E-state index contributed by atoms with van der Waals surface area (Å²) < 4.78 is 31.2. The van der Waals surface area contributed by atoms with Gasteiger partial charge in [0.25, 0.3) is 21.8 Å². The molecular formula is C15H16ClN3O5S2. The predicted octanol–water partition coefficient (Wildman–Crippen LogP) is 1.68. The van der Waals surface area contributed by atoms with Crippen molar-refractivity contribution >= 4 is 44.8 Å². The third-order valence-corrected chi connectivity index (χ3v) is 6.16. The summed E-state index contributed by atoms with van der Waals surface area (Å²) in [5, 5.41) is 2.66. The molecule has 2 aromatic rings. The third-order valence-electron chi connectivity index (χ3n) is 3.11. The number of sulfonamides is 1. The van der Waals surface area contributed by atoms with Crippen LogP contribution in [0.5, 0.6) is 0 Å². The lowest BCUT2D eigenvalue weighted by Crippen LogP contribution is -2.30. The molecule has 0 aromatic carbocycles. The van der Waals surface area contributed by atoms with Crippen LogP contribution in [0, 0.1) is 0 Å². The maximum Gasteiger partial charge on any atom is 0.273 e. The number of carbonyl (C=O) groups is 2. The van der Waals surface area contributed by atoms with Crippen LogP contribution in [0.2, 0.25) is 4.34 Å². The van der Waals surface area contributed by atoms with Crippen LogP contribution in [-0.4, -0.2) is 45.5 Å². The molecule has 0 fully saturated rings. The van der Waals surface area contributed by atoms with E-state index in [9.17, 15) is 18.0 Å². The lowest BCUT2D eigenvalue weighted by atomic mass is 10.2. The molecular weight excluding hydrogens is 402 g/mol. The number of carbonyl (C=O) groups excluding carboxylic acids is 2. The van der Waals surface area contributed by atoms with Crippen LogP contribution >= 0.6 is 22.9 Å². The van der Waals surface area contributed by atoms with Gasteiger partial charge in [0.05, 0.1) is 9.90 Å². The van der Waals surface area contributed by atoms with E-state index < -0.39 is 21.8 Å². The summed E-state index contributed by atoms with van der Waals surface area (Å²) in [6.07, 6.45) is 1.80. The lowest BCUT2D eigenvalue weighted by Gasteiger charge is -2.06. The van der Waals surface area contributed by atoms with E-state index in [0.29, 0.717) is 23.9 Å². The van der Waals surface area contributed by atoms with Crippen molar-refractivity contribution < 1.29 is 22.7 Å². The highest BCUT2D eigenvalue weighted by atomic mass is 35.5. The second kappa shape index (κ2) is 9.08. The van der Waals surface area contributed by atoms with Crippen molar-refractivity contribution in [2.45, 2.75) is 10.6 Å². The average molecular weight is 418 g/mol. The average Bonchev–Trinajstić information content (AvgIpc) is 3.06. The lowest BCUT2D eigenvalue weighted by molar-refractivity contribution is 0.0939. The number of ether oxygens (including phenoxy) is 1. The zero-order valence-corrected chi connectivity index (χ0v) is 16.1. The van der Waals surface area contributed by atoms with Gasteiger partial charge in [-0.2, -0.15) is 0 Å². The number of hydrogen-bond acceptors (Lipinski definition) is 7. The Hall–Kier alpha value is -2.01. The maximum absolute atomic E-state index is 12.1. The number of methoxy groups -OCH3 is 1. The van der Waals surface area contributed by atoms with Crippen molar-refractivity contribution in [2.24, 2.45) is 0 Å². The summed E-state index contributed by atoms with van der Waals surface area (Å²) in [4.78, 5) is 27.9. The SMILES string of the molecule is COCCCNC(=O)c1ccc(C(=O)NS(=O)(=O)c2ccc(Cl)s2)cn1. The predicted molar refractivity (Wildman–Crippen MR) is 97.0 cm³/mol. The molecule has 0 radical (unpaired) electrons. The Morgan fingerprint density at radius 3 is 2.58 bits per heavy atom. The molecule has 0 saturated carbocycles. The number of thiophene rings is 1. The summed E-state index contributed by atoms with van der Waals surface area (Å²) in [6.45, 7) is 0.953. The molecule has 2 heterocycles.